The minimum Gasteiger partial charge on any atom is -0.444 e. The summed E-state index contributed by atoms with van der Waals surface area (Å²) in [6.07, 6.45) is 1.85. The lowest BCUT2D eigenvalue weighted by molar-refractivity contribution is -0.126. The molecule has 2 amide bonds. The van der Waals surface area contributed by atoms with E-state index in [-0.39, 0.29) is 11.9 Å². The Morgan fingerprint density at radius 2 is 1.97 bits per heavy atom. The maximum absolute atomic E-state index is 13.7. The molecule has 0 aliphatic carbocycles. The van der Waals surface area contributed by atoms with Gasteiger partial charge in [-0.15, -0.1) is 0 Å². The van der Waals surface area contributed by atoms with Gasteiger partial charge in [-0.1, -0.05) is 29.3 Å². The zero-order valence-corrected chi connectivity index (χ0v) is 20.5. The summed E-state index contributed by atoms with van der Waals surface area (Å²) >= 11 is 12.4. The van der Waals surface area contributed by atoms with Crippen LogP contribution >= 0.6 is 23.2 Å². The molecule has 2 aliphatic rings. The molecule has 2 N–H and O–H groups in total. The van der Waals surface area contributed by atoms with Crippen molar-refractivity contribution in [1.82, 2.24) is 20.0 Å². The predicted octanol–water partition coefficient (Wildman–Crippen LogP) is 4.60. The summed E-state index contributed by atoms with van der Waals surface area (Å²) in [5, 5.41) is 11.4. The Morgan fingerprint density at radius 3 is 2.67 bits per heavy atom. The Bertz CT molecular complexity index is 1120. The van der Waals surface area contributed by atoms with Gasteiger partial charge in [0.05, 0.1) is 27.9 Å². The lowest BCUT2D eigenvalue weighted by Gasteiger charge is -2.32. The molecule has 1 aromatic carbocycles. The summed E-state index contributed by atoms with van der Waals surface area (Å²) in [7, 11) is 0. The number of nitrogens with zero attached hydrogens (tertiary/aromatic N) is 3. The fourth-order valence-electron chi connectivity index (χ4n) is 4.18. The maximum atomic E-state index is 13.7. The van der Waals surface area contributed by atoms with Crippen LogP contribution in [0.3, 0.4) is 0 Å². The van der Waals surface area contributed by atoms with E-state index in [1.54, 1.807) is 27.9 Å². The largest absolute Gasteiger partial charge is 0.444 e. The van der Waals surface area contributed by atoms with Gasteiger partial charge in [0.1, 0.15) is 17.5 Å². The van der Waals surface area contributed by atoms with E-state index in [1.807, 2.05) is 39.8 Å². The van der Waals surface area contributed by atoms with Crippen LogP contribution < -0.4 is 10.6 Å². The number of carbonyl (C=O) groups excluding carboxylic acids is 2. The van der Waals surface area contributed by atoms with Crippen LogP contribution in [0.15, 0.2) is 41.7 Å². The Morgan fingerprint density at radius 1 is 1.21 bits per heavy atom. The highest BCUT2D eigenvalue weighted by Crippen LogP contribution is 2.38. The lowest BCUT2D eigenvalue weighted by Crippen LogP contribution is -2.42. The van der Waals surface area contributed by atoms with Gasteiger partial charge in [0.25, 0.3) is 5.91 Å². The van der Waals surface area contributed by atoms with Gasteiger partial charge in [0.15, 0.2) is 0 Å². The Labute approximate surface area is 202 Å². The molecule has 1 fully saturated rings. The Hall–Kier alpha value is -2.71. The van der Waals surface area contributed by atoms with Crippen LogP contribution in [0.5, 0.6) is 0 Å². The quantitative estimate of drug-likeness (QED) is 0.654. The van der Waals surface area contributed by atoms with E-state index in [2.05, 4.69) is 15.7 Å². The maximum Gasteiger partial charge on any atom is 0.407 e. The van der Waals surface area contributed by atoms with E-state index in [0.29, 0.717) is 35.1 Å². The van der Waals surface area contributed by atoms with Crippen molar-refractivity contribution in [3.05, 3.63) is 57.3 Å². The van der Waals surface area contributed by atoms with Crippen molar-refractivity contribution in [2.24, 2.45) is 0 Å². The molecule has 8 nitrogen and oxygen atoms in total. The fraction of sp³-hybridized carbons (Fsp3) is 0.435. The number of anilines is 1. The minimum absolute atomic E-state index is 0.120. The number of benzene rings is 1. The topological polar surface area (TPSA) is 88.5 Å². The van der Waals surface area contributed by atoms with E-state index in [9.17, 15) is 9.59 Å². The Balaban J connectivity index is 1.58. The number of allylic oxidation sites excluding steroid dienone is 1. The van der Waals surface area contributed by atoms with Gasteiger partial charge in [-0.25, -0.2) is 9.48 Å². The van der Waals surface area contributed by atoms with Crippen molar-refractivity contribution in [2.75, 3.05) is 18.4 Å². The number of halogens is 2. The Kier molecular flexibility index (Phi) is 6.33. The molecule has 3 heterocycles. The van der Waals surface area contributed by atoms with Crippen LogP contribution in [0, 0.1) is 0 Å². The zero-order chi connectivity index (χ0) is 23.9. The van der Waals surface area contributed by atoms with Crippen molar-refractivity contribution >= 4 is 41.0 Å². The monoisotopic (exact) mass is 491 g/mol. The smallest absolute Gasteiger partial charge is 0.407 e. The molecule has 10 heteroatoms. The summed E-state index contributed by atoms with van der Waals surface area (Å²) in [6, 6.07) is 6.56. The first-order valence-corrected chi connectivity index (χ1v) is 11.5. The van der Waals surface area contributed by atoms with Crippen LogP contribution in [0.2, 0.25) is 10.0 Å². The lowest BCUT2D eigenvalue weighted by atomic mass is 9.94. The van der Waals surface area contributed by atoms with Crippen LogP contribution in [0.4, 0.5) is 10.6 Å². The van der Waals surface area contributed by atoms with E-state index < -0.39 is 17.7 Å². The average Bonchev–Trinajstić information content (AvgIpc) is 3.36. The first kappa shape index (κ1) is 23.4. The van der Waals surface area contributed by atoms with Gasteiger partial charge < -0.3 is 20.3 Å². The molecule has 0 saturated carbocycles. The molecule has 0 spiro atoms. The van der Waals surface area contributed by atoms with Crippen LogP contribution in [0.1, 0.15) is 45.7 Å². The number of rotatable bonds is 3. The molecule has 1 saturated heterocycles. The van der Waals surface area contributed by atoms with Gasteiger partial charge in [0.2, 0.25) is 0 Å². The molecule has 0 bridgehead atoms. The van der Waals surface area contributed by atoms with Gasteiger partial charge in [0, 0.05) is 24.9 Å². The second kappa shape index (κ2) is 8.91. The first-order chi connectivity index (χ1) is 15.5. The molecule has 4 rings (SSSR count). The summed E-state index contributed by atoms with van der Waals surface area (Å²) in [4.78, 5) is 27.6. The van der Waals surface area contributed by atoms with Crippen LogP contribution in [-0.4, -0.2) is 51.4 Å². The third kappa shape index (κ3) is 4.96. The number of hydrogen-bond acceptors (Lipinski definition) is 5. The molecule has 1 aromatic heterocycles. The van der Waals surface area contributed by atoms with E-state index in [4.69, 9.17) is 27.9 Å². The predicted molar refractivity (Wildman–Crippen MR) is 128 cm³/mol. The number of ether oxygens (including phenoxy) is 1. The number of aromatic nitrogens is 2. The molecule has 176 valence electrons. The number of hydrogen-bond donors (Lipinski definition) is 2. The number of likely N-dealkylation sites (tertiary alicyclic amines) is 1. The normalized spacial score (nSPS) is 20.4. The number of alkyl carbamates (subject to hydrolysis) is 1. The number of fused-ring (bicyclic) bond motifs is 1. The molecule has 2 aliphatic heterocycles. The highest BCUT2D eigenvalue weighted by Gasteiger charge is 2.37. The number of carbonyl (C=O) groups is 2. The van der Waals surface area contributed by atoms with Crippen molar-refractivity contribution in [2.45, 2.75) is 51.8 Å². The van der Waals surface area contributed by atoms with Gasteiger partial charge in [-0.05, 0) is 51.8 Å². The molecule has 33 heavy (non-hydrogen) atoms. The van der Waals surface area contributed by atoms with Crippen molar-refractivity contribution < 1.29 is 14.3 Å². The highest BCUT2D eigenvalue weighted by molar-refractivity contribution is 6.42. The molecular weight excluding hydrogens is 465 g/mol. The highest BCUT2D eigenvalue weighted by atomic mass is 35.5. The van der Waals surface area contributed by atoms with Crippen molar-refractivity contribution in [1.29, 1.82) is 0 Å². The SMILES string of the molecule is CC1=C(C(=O)N2CC[C@H](NC(=O)OC(C)(C)C)C2)C(c2ccc(Cl)c(Cl)c2)n2nccc2N1. The van der Waals surface area contributed by atoms with E-state index in [1.165, 1.54) is 0 Å². The first-order valence-electron chi connectivity index (χ1n) is 10.8. The molecular formula is C23H27Cl2N5O3. The van der Waals surface area contributed by atoms with Gasteiger partial charge in [-0.2, -0.15) is 5.10 Å². The third-order valence-electron chi connectivity index (χ3n) is 5.59. The zero-order valence-electron chi connectivity index (χ0n) is 19.0. The summed E-state index contributed by atoms with van der Waals surface area (Å²) in [6.45, 7) is 8.24. The minimum atomic E-state index is -0.581. The van der Waals surface area contributed by atoms with Crippen LogP contribution in [-0.2, 0) is 9.53 Å². The van der Waals surface area contributed by atoms with E-state index in [0.717, 1.165) is 17.1 Å². The van der Waals surface area contributed by atoms with E-state index >= 15 is 0 Å². The van der Waals surface area contributed by atoms with Crippen LogP contribution in [0.25, 0.3) is 0 Å². The van der Waals surface area contributed by atoms with Crippen molar-refractivity contribution in [3.8, 4) is 0 Å². The summed E-state index contributed by atoms with van der Waals surface area (Å²) < 4.78 is 7.12. The average molecular weight is 492 g/mol. The molecule has 1 unspecified atom stereocenters. The standard InChI is InChI=1S/C23H27Cl2N5O3/c1-13-19(21(31)29-10-8-15(12-29)28-22(32)33-23(2,3)4)20(30-18(27-13)7-9-26-30)14-5-6-16(24)17(25)11-14/h5-7,9,11,15,20,27H,8,10,12H2,1-4H3,(H,28,32)/t15-,20?/m0/s1. The molecule has 0 radical (unpaired) electrons. The number of nitrogens with one attached hydrogen (secondary N) is 2. The second-order valence-corrected chi connectivity index (χ2v) is 10.1. The molecule has 2 aromatic rings. The third-order valence-corrected chi connectivity index (χ3v) is 6.33. The summed E-state index contributed by atoms with van der Waals surface area (Å²) in [5.74, 6) is 0.664. The van der Waals surface area contributed by atoms with Gasteiger partial charge in [-0.3, -0.25) is 4.79 Å². The number of amides is 2. The van der Waals surface area contributed by atoms with Gasteiger partial charge >= 0.3 is 6.09 Å². The van der Waals surface area contributed by atoms with Crippen molar-refractivity contribution in [3.63, 3.8) is 0 Å². The molecule has 2 atom stereocenters. The second-order valence-electron chi connectivity index (χ2n) is 9.28. The summed E-state index contributed by atoms with van der Waals surface area (Å²) in [5.41, 5.74) is 1.54. The fourth-order valence-corrected chi connectivity index (χ4v) is 4.49.